The molecule has 4 rings (SSSR count). The molecule has 0 saturated heterocycles. The number of nitrogens with one attached hydrogen (secondary N) is 1. The van der Waals surface area contributed by atoms with Crippen LogP contribution in [0.25, 0.3) is 10.9 Å². The van der Waals surface area contributed by atoms with Crippen LogP contribution < -0.4 is 24.4 Å². The van der Waals surface area contributed by atoms with Crippen LogP contribution in [0.5, 0.6) is 23.0 Å². The van der Waals surface area contributed by atoms with Crippen LogP contribution in [0.3, 0.4) is 0 Å². The van der Waals surface area contributed by atoms with Crippen LogP contribution in [-0.4, -0.2) is 31.8 Å². The lowest BCUT2D eigenvalue weighted by atomic mass is 10.2. The van der Waals surface area contributed by atoms with E-state index >= 15 is 0 Å². The van der Waals surface area contributed by atoms with E-state index in [9.17, 15) is 13.6 Å². The Morgan fingerprint density at radius 3 is 2.31 bits per heavy atom. The van der Waals surface area contributed by atoms with Crippen molar-refractivity contribution < 1.29 is 27.8 Å². The summed E-state index contributed by atoms with van der Waals surface area (Å²) in [7, 11) is 3.11. The predicted molar refractivity (Wildman–Crippen MR) is 130 cm³/mol. The van der Waals surface area contributed by atoms with E-state index in [0.29, 0.717) is 46.8 Å². The number of halogens is 2. The van der Waals surface area contributed by atoms with Crippen molar-refractivity contribution in [2.24, 2.45) is 0 Å². The van der Waals surface area contributed by atoms with Crippen LogP contribution in [0, 0.1) is 11.6 Å². The van der Waals surface area contributed by atoms with Gasteiger partial charge in [0.15, 0.2) is 11.5 Å². The molecule has 35 heavy (non-hydrogen) atoms. The summed E-state index contributed by atoms with van der Waals surface area (Å²) in [6.07, 6.45) is 1.63. The van der Waals surface area contributed by atoms with Gasteiger partial charge >= 0.3 is 6.03 Å². The molecule has 9 heteroatoms. The second-order valence-electron chi connectivity index (χ2n) is 7.43. The highest BCUT2D eigenvalue weighted by Gasteiger charge is 2.17. The SMILES string of the molecule is CCN(C(=O)Nc1ccc(F)cc1F)c1ccc(Oc2ccnc3cc(OC)c(OC)cc23)cc1. The average molecular weight is 479 g/mol. The number of carbonyl (C=O) groups excluding carboxylic acids is 1. The molecule has 2 amide bonds. The fraction of sp³-hybridized carbons (Fsp3) is 0.154. The summed E-state index contributed by atoms with van der Waals surface area (Å²) in [5, 5.41) is 3.21. The number of pyridine rings is 1. The molecular weight excluding hydrogens is 456 g/mol. The highest BCUT2D eigenvalue weighted by Crippen LogP contribution is 2.37. The number of nitrogens with zero attached hydrogens (tertiary/aromatic N) is 2. The van der Waals surface area contributed by atoms with E-state index in [-0.39, 0.29) is 5.69 Å². The van der Waals surface area contributed by atoms with Gasteiger partial charge in [0.1, 0.15) is 23.1 Å². The Bertz CT molecular complexity index is 1360. The highest BCUT2D eigenvalue weighted by molar-refractivity contribution is 6.01. The Hall–Kier alpha value is -4.40. The van der Waals surface area contributed by atoms with Gasteiger partial charge in [-0.3, -0.25) is 9.88 Å². The number of aromatic nitrogens is 1. The van der Waals surface area contributed by atoms with Crippen LogP contribution >= 0.6 is 0 Å². The maximum Gasteiger partial charge on any atom is 0.326 e. The molecule has 1 N–H and O–H groups in total. The maximum absolute atomic E-state index is 13.9. The van der Waals surface area contributed by atoms with Crippen molar-refractivity contribution in [1.29, 1.82) is 0 Å². The van der Waals surface area contributed by atoms with Crippen molar-refractivity contribution in [2.75, 3.05) is 31.0 Å². The van der Waals surface area contributed by atoms with Gasteiger partial charge in [-0.2, -0.15) is 0 Å². The molecule has 0 fully saturated rings. The summed E-state index contributed by atoms with van der Waals surface area (Å²) in [6, 6.07) is 14.6. The van der Waals surface area contributed by atoms with Gasteiger partial charge in [-0.1, -0.05) is 0 Å². The largest absolute Gasteiger partial charge is 0.493 e. The number of methoxy groups -OCH3 is 2. The van der Waals surface area contributed by atoms with E-state index in [1.54, 1.807) is 69.8 Å². The molecule has 0 spiro atoms. The summed E-state index contributed by atoms with van der Waals surface area (Å²) in [6.45, 7) is 2.11. The van der Waals surface area contributed by atoms with E-state index < -0.39 is 17.7 Å². The van der Waals surface area contributed by atoms with E-state index in [0.717, 1.165) is 11.5 Å². The minimum atomic E-state index is -0.850. The number of fused-ring (bicyclic) bond motifs is 1. The van der Waals surface area contributed by atoms with E-state index in [1.165, 1.54) is 11.0 Å². The monoisotopic (exact) mass is 479 g/mol. The fourth-order valence-corrected chi connectivity index (χ4v) is 3.57. The van der Waals surface area contributed by atoms with Gasteiger partial charge in [-0.15, -0.1) is 0 Å². The van der Waals surface area contributed by atoms with Crippen molar-refractivity contribution in [1.82, 2.24) is 4.98 Å². The third-order valence-electron chi connectivity index (χ3n) is 5.32. The van der Waals surface area contributed by atoms with Crippen LogP contribution in [0.4, 0.5) is 25.0 Å². The standard InChI is InChI=1S/C26H23F2N3O4/c1-4-31(26(32)30-21-10-5-16(27)13-20(21)28)17-6-8-18(9-7-17)35-23-11-12-29-22-15-25(34-3)24(33-2)14-19(22)23/h5-15H,4H2,1-3H3,(H,30,32). The van der Waals surface area contributed by atoms with Crippen LogP contribution in [0.1, 0.15) is 6.92 Å². The third-order valence-corrected chi connectivity index (χ3v) is 5.32. The number of amides is 2. The first-order valence-electron chi connectivity index (χ1n) is 10.8. The Labute approximate surface area is 200 Å². The molecule has 3 aromatic carbocycles. The van der Waals surface area contributed by atoms with Crippen molar-refractivity contribution in [3.8, 4) is 23.0 Å². The number of rotatable bonds is 7. The van der Waals surface area contributed by atoms with Gasteiger partial charge < -0.3 is 19.5 Å². The molecular formula is C26H23F2N3O4. The first kappa shape index (κ1) is 23.7. The Morgan fingerprint density at radius 1 is 0.943 bits per heavy atom. The summed E-state index contributed by atoms with van der Waals surface area (Å²) in [4.78, 5) is 18.5. The Morgan fingerprint density at radius 2 is 1.66 bits per heavy atom. The van der Waals surface area contributed by atoms with Gasteiger partial charge in [0, 0.05) is 35.9 Å². The van der Waals surface area contributed by atoms with Gasteiger partial charge in [-0.25, -0.2) is 13.6 Å². The summed E-state index contributed by atoms with van der Waals surface area (Å²) >= 11 is 0. The number of carbonyl (C=O) groups is 1. The van der Waals surface area contributed by atoms with Gasteiger partial charge in [0.25, 0.3) is 0 Å². The first-order valence-corrected chi connectivity index (χ1v) is 10.8. The highest BCUT2D eigenvalue weighted by atomic mass is 19.1. The summed E-state index contributed by atoms with van der Waals surface area (Å²) < 4.78 is 43.9. The van der Waals surface area contributed by atoms with Crippen LogP contribution in [0.15, 0.2) is 66.9 Å². The number of ether oxygens (including phenoxy) is 3. The molecule has 0 atom stereocenters. The molecule has 7 nitrogen and oxygen atoms in total. The average Bonchev–Trinajstić information content (AvgIpc) is 2.86. The molecule has 1 heterocycles. The molecule has 0 bridgehead atoms. The quantitative estimate of drug-likeness (QED) is 0.333. The Balaban J connectivity index is 1.54. The number of hydrogen-bond donors (Lipinski definition) is 1. The van der Waals surface area contributed by atoms with Crippen molar-refractivity contribution >= 4 is 28.3 Å². The maximum atomic E-state index is 13.9. The third kappa shape index (κ3) is 5.08. The normalized spacial score (nSPS) is 10.7. The Kier molecular flexibility index (Phi) is 6.96. The number of urea groups is 1. The molecule has 180 valence electrons. The molecule has 0 aliphatic rings. The molecule has 1 aromatic heterocycles. The topological polar surface area (TPSA) is 72.9 Å². The van der Waals surface area contributed by atoms with E-state index in [1.807, 2.05) is 0 Å². The van der Waals surface area contributed by atoms with E-state index in [4.69, 9.17) is 14.2 Å². The molecule has 0 unspecified atom stereocenters. The van der Waals surface area contributed by atoms with Crippen molar-refractivity contribution in [3.63, 3.8) is 0 Å². The van der Waals surface area contributed by atoms with Crippen LogP contribution in [0.2, 0.25) is 0 Å². The van der Waals surface area contributed by atoms with Crippen molar-refractivity contribution in [3.05, 3.63) is 78.5 Å². The minimum Gasteiger partial charge on any atom is -0.493 e. The first-order chi connectivity index (χ1) is 16.9. The summed E-state index contributed by atoms with van der Waals surface area (Å²) in [5.41, 5.74) is 1.15. The second kappa shape index (κ2) is 10.3. The van der Waals surface area contributed by atoms with Gasteiger partial charge in [0.05, 0.1) is 25.4 Å². The van der Waals surface area contributed by atoms with Crippen molar-refractivity contribution in [2.45, 2.75) is 6.92 Å². The molecule has 0 aliphatic carbocycles. The molecule has 0 saturated carbocycles. The lowest BCUT2D eigenvalue weighted by Gasteiger charge is -2.22. The zero-order valence-electron chi connectivity index (χ0n) is 19.3. The minimum absolute atomic E-state index is 0.105. The summed E-state index contributed by atoms with van der Waals surface area (Å²) in [5.74, 6) is 0.653. The molecule has 0 radical (unpaired) electrons. The molecule has 0 aliphatic heterocycles. The second-order valence-corrected chi connectivity index (χ2v) is 7.43. The number of benzene rings is 3. The lowest BCUT2D eigenvalue weighted by Crippen LogP contribution is -2.35. The molecule has 4 aromatic rings. The lowest BCUT2D eigenvalue weighted by molar-refractivity contribution is 0.257. The number of hydrogen-bond acceptors (Lipinski definition) is 5. The fourth-order valence-electron chi connectivity index (χ4n) is 3.57. The zero-order valence-corrected chi connectivity index (χ0v) is 19.3. The van der Waals surface area contributed by atoms with Crippen LogP contribution in [-0.2, 0) is 0 Å². The van der Waals surface area contributed by atoms with Gasteiger partial charge in [-0.05, 0) is 55.5 Å². The zero-order chi connectivity index (χ0) is 24.9. The predicted octanol–water partition coefficient (Wildman–Crippen LogP) is 6.38. The van der Waals surface area contributed by atoms with Gasteiger partial charge in [0.2, 0.25) is 0 Å². The number of anilines is 2. The smallest absolute Gasteiger partial charge is 0.326 e. The van der Waals surface area contributed by atoms with E-state index in [2.05, 4.69) is 10.3 Å².